The highest BCUT2D eigenvalue weighted by Gasteiger charge is 2.60. The molecule has 0 aromatic heterocycles. The van der Waals surface area contributed by atoms with Crippen LogP contribution in [0.1, 0.15) is 65.7 Å². The number of nitrogens with one attached hydrogen (secondary N) is 2. The molecule has 2 atom stereocenters. The maximum absolute atomic E-state index is 12.4. The van der Waals surface area contributed by atoms with Crippen molar-refractivity contribution in [1.82, 2.24) is 10.6 Å². The summed E-state index contributed by atoms with van der Waals surface area (Å²) in [5.41, 5.74) is 1.33. The Bertz CT molecular complexity index is 401. The van der Waals surface area contributed by atoms with Gasteiger partial charge in [-0.25, -0.2) is 0 Å². The molecule has 1 amide bonds. The molecule has 0 aliphatic heterocycles. The second-order valence-electron chi connectivity index (χ2n) is 9.01. The van der Waals surface area contributed by atoms with Crippen LogP contribution in [0.3, 0.4) is 0 Å². The van der Waals surface area contributed by atoms with Gasteiger partial charge in [-0.3, -0.25) is 4.79 Å². The van der Waals surface area contributed by atoms with Gasteiger partial charge in [0, 0.05) is 19.5 Å². The van der Waals surface area contributed by atoms with Gasteiger partial charge >= 0.3 is 0 Å². The molecule has 4 aliphatic rings. The van der Waals surface area contributed by atoms with E-state index in [0.29, 0.717) is 16.2 Å². The van der Waals surface area contributed by atoms with Gasteiger partial charge < -0.3 is 10.6 Å². The van der Waals surface area contributed by atoms with Crippen LogP contribution < -0.4 is 10.6 Å². The van der Waals surface area contributed by atoms with Gasteiger partial charge in [-0.1, -0.05) is 20.8 Å². The first-order chi connectivity index (χ1) is 9.86. The lowest BCUT2D eigenvalue weighted by Crippen LogP contribution is -2.56. The van der Waals surface area contributed by atoms with Crippen LogP contribution in [-0.2, 0) is 4.79 Å². The van der Waals surface area contributed by atoms with Gasteiger partial charge in [0.05, 0.1) is 0 Å². The molecule has 0 saturated heterocycles. The van der Waals surface area contributed by atoms with E-state index in [9.17, 15) is 4.79 Å². The Morgan fingerprint density at radius 1 is 1.05 bits per heavy atom. The zero-order chi connectivity index (χ0) is 15.1. The summed E-state index contributed by atoms with van der Waals surface area (Å²) in [5.74, 6) is 1.16. The predicted octanol–water partition coefficient (Wildman–Crippen LogP) is 3.10. The van der Waals surface area contributed by atoms with Crippen molar-refractivity contribution in [1.29, 1.82) is 0 Å². The lowest BCUT2D eigenvalue weighted by Gasteiger charge is -2.65. The summed E-state index contributed by atoms with van der Waals surface area (Å²) in [7, 11) is 0. The largest absolute Gasteiger partial charge is 0.355 e. The first-order valence-corrected chi connectivity index (χ1v) is 8.84. The third kappa shape index (κ3) is 3.13. The maximum Gasteiger partial charge on any atom is 0.220 e. The van der Waals surface area contributed by atoms with Crippen LogP contribution in [-0.4, -0.2) is 25.5 Å². The van der Waals surface area contributed by atoms with Gasteiger partial charge in [-0.2, -0.15) is 0 Å². The van der Waals surface area contributed by atoms with E-state index >= 15 is 0 Å². The fraction of sp³-hybridized carbons (Fsp3) is 0.944. The molecule has 2 unspecified atom stereocenters. The first-order valence-electron chi connectivity index (χ1n) is 8.84. The van der Waals surface area contributed by atoms with Crippen LogP contribution in [0, 0.1) is 22.2 Å². The molecule has 4 bridgehead atoms. The quantitative estimate of drug-likeness (QED) is 0.739. The summed E-state index contributed by atoms with van der Waals surface area (Å²) in [6.07, 6.45) is 8.85. The minimum absolute atomic E-state index is 0.280. The van der Waals surface area contributed by atoms with Crippen molar-refractivity contribution in [3.05, 3.63) is 0 Å². The Morgan fingerprint density at radius 2 is 1.71 bits per heavy atom. The zero-order valence-electron chi connectivity index (χ0n) is 14.1. The normalized spacial score (nSPS) is 44.0. The Hall–Kier alpha value is -0.570. The van der Waals surface area contributed by atoms with Crippen molar-refractivity contribution in [3.63, 3.8) is 0 Å². The van der Waals surface area contributed by atoms with Crippen LogP contribution in [0.4, 0.5) is 0 Å². The van der Waals surface area contributed by atoms with Gasteiger partial charge in [0.25, 0.3) is 0 Å². The van der Waals surface area contributed by atoms with Crippen LogP contribution in [0.5, 0.6) is 0 Å². The third-order valence-electron chi connectivity index (χ3n) is 6.15. The number of carbonyl (C=O) groups is 1. The molecule has 21 heavy (non-hydrogen) atoms. The number of amides is 1. The summed E-state index contributed by atoms with van der Waals surface area (Å²) < 4.78 is 0. The maximum atomic E-state index is 12.4. The third-order valence-corrected chi connectivity index (χ3v) is 6.15. The van der Waals surface area contributed by atoms with E-state index in [0.717, 1.165) is 32.0 Å². The Balaban J connectivity index is 1.61. The monoisotopic (exact) mass is 292 g/mol. The molecule has 120 valence electrons. The molecule has 4 fully saturated rings. The fourth-order valence-corrected chi connectivity index (χ4v) is 6.75. The molecule has 0 aromatic carbocycles. The molecule has 3 heteroatoms. The lowest BCUT2D eigenvalue weighted by atomic mass is 9.40. The molecule has 0 spiro atoms. The highest BCUT2D eigenvalue weighted by molar-refractivity contribution is 5.76. The van der Waals surface area contributed by atoms with Crippen molar-refractivity contribution < 1.29 is 4.79 Å². The number of likely N-dealkylation sites (N-methyl/N-ethyl adjacent to an activating group) is 1. The molecule has 3 nitrogen and oxygen atoms in total. The number of rotatable bonds is 6. The van der Waals surface area contributed by atoms with Crippen LogP contribution in [0.25, 0.3) is 0 Å². The van der Waals surface area contributed by atoms with E-state index in [1.165, 1.54) is 38.5 Å². The van der Waals surface area contributed by atoms with Crippen molar-refractivity contribution in [3.8, 4) is 0 Å². The van der Waals surface area contributed by atoms with E-state index in [4.69, 9.17) is 0 Å². The minimum Gasteiger partial charge on any atom is -0.355 e. The SMILES string of the molecule is CCNCCNC(=O)CC12CC3CC(C)(CC(C)(C3)C1)C2. The number of hydrogen-bond acceptors (Lipinski definition) is 2. The van der Waals surface area contributed by atoms with E-state index in [2.05, 4.69) is 31.4 Å². The highest BCUT2D eigenvalue weighted by atomic mass is 16.1. The summed E-state index contributed by atoms with van der Waals surface area (Å²) in [6.45, 7) is 9.67. The van der Waals surface area contributed by atoms with Crippen molar-refractivity contribution in [2.45, 2.75) is 65.7 Å². The van der Waals surface area contributed by atoms with Gasteiger partial charge in [-0.05, 0) is 67.2 Å². The topological polar surface area (TPSA) is 41.1 Å². The molecule has 0 aromatic rings. The van der Waals surface area contributed by atoms with Crippen LogP contribution in [0.15, 0.2) is 0 Å². The standard InChI is InChI=1S/C18H32N2O/c1-4-19-5-6-20-15(21)10-18-9-14-7-16(2,12-18)11-17(3,8-14)13-18/h14,19H,4-13H2,1-3H3,(H,20,21). The number of hydrogen-bond donors (Lipinski definition) is 2. The summed E-state index contributed by atoms with van der Waals surface area (Å²) in [4.78, 5) is 12.4. The minimum atomic E-state index is 0.280. The first kappa shape index (κ1) is 15.3. The average molecular weight is 292 g/mol. The van der Waals surface area contributed by atoms with Gasteiger partial charge in [-0.15, -0.1) is 0 Å². The zero-order valence-corrected chi connectivity index (χ0v) is 14.1. The Labute approximate surface area is 129 Å². The van der Waals surface area contributed by atoms with E-state index < -0.39 is 0 Å². The van der Waals surface area contributed by atoms with Gasteiger partial charge in [0.15, 0.2) is 0 Å². The molecule has 0 heterocycles. The van der Waals surface area contributed by atoms with Crippen molar-refractivity contribution in [2.75, 3.05) is 19.6 Å². The van der Waals surface area contributed by atoms with Crippen molar-refractivity contribution >= 4 is 5.91 Å². The average Bonchev–Trinajstić information content (AvgIpc) is 2.29. The number of carbonyl (C=O) groups excluding carboxylic acids is 1. The second kappa shape index (κ2) is 5.26. The van der Waals surface area contributed by atoms with Gasteiger partial charge in [0.2, 0.25) is 5.91 Å². The summed E-state index contributed by atoms with van der Waals surface area (Å²) >= 11 is 0. The van der Waals surface area contributed by atoms with Crippen LogP contribution in [0.2, 0.25) is 0 Å². The lowest BCUT2D eigenvalue weighted by molar-refractivity contribution is -0.156. The smallest absolute Gasteiger partial charge is 0.220 e. The Kier molecular flexibility index (Phi) is 3.84. The molecular formula is C18H32N2O. The molecule has 4 rings (SSSR count). The Morgan fingerprint density at radius 3 is 2.29 bits per heavy atom. The molecule has 4 saturated carbocycles. The van der Waals surface area contributed by atoms with Crippen LogP contribution >= 0.6 is 0 Å². The van der Waals surface area contributed by atoms with E-state index in [1.54, 1.807) is 0 Å². The molecule has 2 N–H and O–H groups in total. The molecule has 4 aliphatic carbocycles. The van der Waals surface area contributed by atoms with E-state index in [-0.39, 0.29) is 5.91 Å². The predicted molar refractivity (Wildman–Crippen MR) is 86.0 cm³/mol. The molecular weight excluding hydrogens is 260 g/mol. The second-order valence-corrected chi connectivity index (χ2v) is 9.01. The van der Waals surface area contributed by atoms with Gasteiger partial charge in [0.1, 0.15) is 0 Å². The van der Waals surface area contributed by atoms with Crippen molar-refractivity contribution in [2.24, 2.45) is 22.2 Å². The molecule has 0 radical (unpaired) electrons. The summed E-state index contributed by atoms with van der Waals surface area (Å²) in [5, 5.41) is 6.38. The van der Waals surface area contributed by atoms with E-state index in [1.807, 2.05) is 0 Å². The fourth-order valence-electron chi connectivity index (χ4n) is 6.75. The summed E-state index contributed by atoms with van der Waals surface area (Å²) in [6, 6.07) is 0. The highest BCUT2D eigenvalue weighted by Crippen LogP contribution is 2.70.